The number of esters is 1. The van der Waals surface area contributed by atoms with Gasteiger partial charge in [-0.15, -0.1) is 0 Å². The molecule has 0 aliphatic rings. The summed E-state index contributed by atoms with van der Waals surface area (Å²) in [5.41, 5.74) is 2.36. The van der Waals surface area contributed by atoms with Crippen molar-refractivity contribution < 1.29 is 9.53 Å². The molecule has 1 aromatic heterocycles. The Morgan fingerprint density at radius 3 is 2.30 bits per heavy atom. The predicted molar refractivity (Wildman–Crippen MR) is 102 cm³/mol. The number of carbonyl (C=O) groups is 1. The van der Waals surface area contributed by atoms with Gasteiger partial charge in [-0.1, -0.05) is 60.7 Å². The smallest absolute Gasteiger partial charge is 0.310 e. The zero-order chi connectivity index (χ0) is 19.2. The molecule has 0 bridgehead atoms. The molecule has 0 fully saturated rings. The molecule has 27 heavy (non-hydrogen) atoms. The lowest BCUT2D eigenvalue weighted by molar-refractivity contribution is -0.139. The lowest BCUT2D eigenvalue weighted by Crippen LogP contribution is -2.27. The Balaban J connectivity index is 2.22. The topological polar surface area (TPSA) is 72.1 Å². The van der Waals surface area contributed by atoms with Crippen LogP contribution < -0.4 is 5.56 Å². The number of carbonyl (C=O) groups excluding carboxylic acids is 1. The van der Waals surface area contributed by atoms with Crippen molar-refractivity contribution in [2.45, 2.75) is 13.0 Å². The number of benzene rings is 2. The van der Waals surface area contributed by atoms with Crippen LogP contribution in [0.3, 0.4) is 0 Å². The number of hydrogen-bond donors (Lipinski definition) is 0. The van der Waals surface area contributed by atoms with Gasteiger partial charge in [-0.3, -0.25) is 9.59 Å². The zero-order valence-corrected chi connectivity index (χ0v) is 14.9. The molecule has 3 rings (SSSR count). The van der Waals surface area contributed by atoms with E-state index in [1.165, 1.54) is 7.11 Å². The molecule has 0 atom stereocenters. The molecular formula is C22H18N2O3. The molecule has 2 aromatic carbocycles. The van der Waals surface area contributed by atoms with Crippen LogP contribution in [0.25, 0.3) is 11.3 Å². The van der Waals surface area contributed by atoms with Crippen LogP contribution in [-0.2, 0) is 22.5 Å². The van der Waals surface area contributed by atoms with Gasteiger partial charge in [0.2, 0.25) is 0 Å². The SMILES string of the molecule is COC(=O)Cc1cc(-c2ccccc2)n(Cc2ccccc2)c(=O)c1C#N. The highest BCUT2D eigenvalue weighted by molar-refractivity contribution is 5.74. The van der Waals surface area contributed by atoms with Crippen molar-refractivity contribution in [2.24, 2.45) is 0 Å². The normalized spacial score (nSPS) is 10.2. The number of methoxy groups -OCH3 is 1. The summed E-state index contributed by atoms with van der Waals surface area (Å²) in [7, 11) is 1.28. The first-order valence-corrected chi connectivity index (χ1v) is 8.47. The van der Waals surface area contributed by atoms with Gasteiger partial charge in [-0.2, -0.15) is 5.26 Å². The van der Waals surface area contributed by atoms with Crippen LogP contribution in [0.4, 0.5) is 0 Å². The number of nitriles is 1. The Kier molecular flexibility index (Phi) is 5.48. The number of ether oxygens (including phenoxy) is 1. The highest BCUT2D eigenvalue weighted by atomic mass is 16.5. The van der Waals surface area contributed by atoms with Crippen LogP contribution in [0.1, 0.15) is 16.7 Å². The van der Waals surface area contributed by atoms with Gasteiger partial charge in [0.1, 0.15) is 11.6 Å². The van der Waals surface area contributed by atoms with Gasteiger partial charge in [0, 0.05) is 0 Å². The van der Waals surface area contributed by atoms with E-state index in [1.807, 2.05) is 66.7 Å². The molecule has 0 amide bonds. The van der Waals surface area contributed by atoms with E-state index in [4.69, 9.17) is 4.74 Å². The van der Waals surface area contributed by atoms with Crippen molar-refractivity contribution in [3.8, 4) is 17.3 Å². The molecule has 0 unspecified atom stereocenters. The van der Waals surface area contributed by atoms with E-state index in [0.29, 0.717) is 17.8 Å². The molecule has 0 radical (unpaired) electrons. The van der Waals surface area contributed by atoms with E-state index in [9.17, 15) is 14.9 Å². The van der Waals surface area contributed by atoms with Crippen molar-refractivity contribution in [1.29, 1.82) is 5.26 Å². The first-order chi connectivity index (χ1) is 13.1. The van der Waals surface area contributed by atoms with Crippen LogP contribution >= 0.6 is 0 Å². The third-order valence-electron chi connectivity index (χ3n) is 4.31. The Bertz CT molecular complexity index is 1050. The second kappa shape index (κ2) is 8.15. The molecular weight excluding hydrogens is 340 g/mol. The van der Waals surface area contributed by atoms with E-state index in [-0.39, 0.29) is 12.0 Å². The Morgan fingerprint density at radius 1 is 1.07 bits per heavy atom. The van der Waals surface area contributed by atoms with Crippen LogP contribution in [0.5, 0.6) is 0 Å². The predicted octanol–water partition coefficient (Wildman–Crippen LogP) is 3.15. The first kappa shape index (κ1) is 18.2. The number of hydrogen-bond acceptors (Lipinski definition) is 4. The van der Waals surface area contributed by atoms with Gasteiger partial charge in [-0.05, 0) is 22.8 Å². The van der Waals surface area contributed by atoms with Crippen molar-refractivity contribution in [3.05, 3.63) is 93.8 Å². The fourth-order valence-electron chi connectivity index (χ4n) is 2.95. The molecule has 0 spiro atoms. The van der Waals surface area contributed by atoms with Crippen molar-refractivity contribution in [1.82, 2.24) is 4.57 Å². The third-order valence-corrected chi connectivity index (χ3v) is 4.31. The fourth-order valence-corrected chi connectivity index (χ4v) is 2.95. The molecule has 0 N–H and O–H groups in total. The Hall–Kier alpha value is -3.65. The van der Waals surface area contributed by atoms with E-state index >= 15 is 0 Å². The van der Waals surface area contributed by atoms with Gasteiger partial charge >= 0.3 is 5.97 Å². The largest absolute Gasteiger partial charge is 0.469 e. The number of nitrogens with zero attached hydrogens (tertiary/aromatic N) is 2. The molecule has 5 nitrogen and oxygen atoms in total. The van der Waals surface area contributed by atoms with Gasteiger partial charge < -0.3 is 9.30 Å². The van der Waals surface area contributed by atoms with Gasteiger partial charge in [0.15, 0.2) is 0 Å². The highest BCUT2D eigenvalue weighted by Gasteiger charge is 2.18. The summed E-state index contributed by atoms with van der Waals surface area (Å²) in [5.74, 6) is -0.495. The second-order valence-corrected chi connectivity index (χ2v) is 6.04. The maximum absolute atomic E-state index is 13.1. The maximum atomic E-state index is 13.1. The summed E-state index contributed by atoms with van der Waals surface area (Å²) < 4.78 is 6.28. The zero-order valence-electron chi connectivity index (χ0n) is 14.9. The third kappa shape index (κ3) is 3.96. The summed E-state index contributed by atoms with van der Waals surface area (Å²) >= 11 is 0. The number of rotatable bonds is 5. The Labute approximate surface area is 157 Å². The minimum atomic E-state index is -0.495. The Morgan fingerprint density at radius 2 is 1.70 bits per heavy atom. The first-order valence-electron chi connectivity index (χ1n) is 8.47. The van der Waals surface area contributed by atoms with Crippen LogP contribution in [0, 0.1) is 11.3 Å². The van der Waals surface area contributed by atoms with Crippen molar-refractivity contribution in [3.63, 3.8) is 0 Å². The number of pyridine rings is 1. The average Bonchev–Trinajstić information content (AvgIpc) is 2.71. The molecule has 0 aliphatic heterocycles. The molecule has 0 saturated carbocycles. The maximum Gasteiger partial charge on any atom is 0.310 e. The lowest BCUT2D eigenvalue weighted by atomic mass is 10.0. The minimum Gasteiger partial charge on any atom is -0.469 e. The average molecular weight is 358 g/mol. The molecule has 0 aliphatic carbocycles. The van der Waals surface area contributed by atoms with Gasteiger partial charge in [0.05, 0.1) is 25.8 Å². The van der Waals surface area contributed by atoms with Crippen LogP contribution in [0.15, 0.2) is 71.5 Å². The molecule has 1 heterocycles. The van der Waals surface area contributed by atoms with E-state index < -0.39 is 11.5 Å². The minimum absolute atomic E-state index is 0.0315. The van der Waals surface area contributed by atoms with E-state index in [2.05, 4.69) is 0 Å². The second-order valence-electron chi connectivity index (χ2n) is 6.04. The van der Waals surface area contributed by atoms with Gasteiger partial charge in [0.25, 0.3) is 5.56 Å². The molecule has 134 valence electrons. The highest BCUT2D eigenvalue weighted by Crippen LogP contribution is 2.22. The summed E-state index contributed by atoms with van der Waals surface area (Å²) in [6.07, 6.45) is -0.124. The summed E-state index contributed by atoms with van der Waals surface area (Å²) in [4.78, 5) is 24.8. The summed E-state index contributed by atoms with van der Waals surface area (Å²) in [6.45, 7) is 0.330. The molecule has 3 aromatic rings. The van der Waals surface area contributed by atoms with Crippen LogP contribution in [-0.4, -0.2) is 17.6 Å². The van der Waals surface area contributed by atoms with Gasteiger partial charge in [-0.25, -0.2) is 0 Å². The molecule has 0 saturated heterocycles. The van der Waals surface area contributed by atoms with E-state index in [0.717, 1.165) is 11.1 Å². The summed E-state index contributed by atoms with van der Waals surface area (Å²) in [6, 6.07) is 22.7. The number of aromatic nitrogens is 1. The van der Waals surface area contributed by atoms with Crippen LogP contribution in [0.2, 0.25) is 0 Å². The fraction of sp³-hybridized carbons (Fsp3) is 0.136. The quantitative estimate of drug-likeness (QED) is 0.657. The molecule has 5 heteroatoms. The lowest BCUT2D eigenvalue weighted by Gasteiger charge is -2.16. The van der Waals surface area contributed by atoms with E-state index in [1.54, 1.807) is 10.6 Å². The standard InChI is InChI=1S/C22H18N2O3/c1-27-21(25)13-18-12-20(17-10-6-3-7-11-17)24(22(26)19(18)14-23)15-16-8-4-2-5-9-16/h2-12H,13,15H2,1H3. The summed E-state index contributed by atoms with van der Waals surface area (Å²) in [5, 5.41) is 9.52. The van der Waals surface area contributed by atoms with Crippen molar-refractivity contribution >= 4 is 5.97 Å². The monoisotopic (exact) mass is 358 g/mol. The van der Waals surface area contributed by atoms with Crippen molar-refractivity contribution in [2.75, 3.05) is 7.11 Å².